The molecule has 0 atom stereocenters. The predicted molar refractivity (Wildman–Crippen MR) is 129 cm³/mol. The number of para-hydroxylation sites is 2. The molecule has 5 aromatic rings. The van der Waals surface area contributed by atoms with Crippen LogP contribution in [0.25, 0.3) is 39.4 Å². The molecule has 0 unspecified atom stereocenters. The first kappa shape index (κ1) is 19.7. The summed E-state index contributed by atoms with van der Waals surface area (Å²) in [6, 6.07) is 22.4. The molecule has 0 amide bonds. The molecule has 0 aliphatic carbocycles. The van der Waals surface area contributed by atoms with Crippen molar-refractivity contribution in [1.29, 1.82) is 0 Å². The second-order valence-corrected chi connectivity index (χ2v) is 9.29. The van der Waals surface area contributed by atoms with Crippen LogP contribution >= 0.6 is 0 Å². The molecule has 0 spiro atoms. The van der Waals surface area contributed by atoms with Crippen molar-refractivity contribution in [1.82, 2.24) is 19.5 Å². The van der Waals surface area contributed by atoms with Crippen LogP contribution in [0.1, 0.15) is 26.3 Å². The molecule has 3 aromatic carbocycles. The Hall–Kier alpha value is -3.93. The third kappa shape index (κ3) is 3.39. The Morgan fingerprint density at radius 1 is 0.758 bits per heavy atom. The summed E-state index contributed by atoms with van der Waals surface area (Å²) in [5.74, 6) is 2.27. The summed E-state index contributed by atoms with van der Waals surface area (Å²) in [7, 11) is 0. The van der Waals surface area contributed by atoms with Crippen LogP contribution in [0, 0.1) is 0 Å². The SMILES string of the molecule is CC(C)(C)c1ccc(-c2nc3nc4ccccc4nc3n2-c2ccc3c(c2)OCCO3)cc1. The van der Waals surface area contributed by atoms with Gasteiger partial charge in [0.1, 0.15) is 19.0 Å². The van der Waals surface area contributed by atoms with Crippen molar-refractivity contribution in [2.24, 2.45) is 0 Å². The van der Waals surface area contributed by atoms with Gasteiger partial charge in [0.05, 0.1) is 16.7 Å². The lowest BCUT2D eigenvalue weighted by Crippen LogP contribution is -2.15. The molecule has 2 aromatic heterocycles. The standard InChI is InChI=1S/C27H24N4O2/c1-27(2,3)18-10-8-17(9-11-18)25-30-24-26(29-21-7-5-4-6-20(21)28-24)31(25)19-12-13-22-23(16-19)33-15-14-32-22/h4-13,16H,14-15H2,1-3H3. The molecule has 0 fully saturated rings. The van der Waals surface area contributed by atoms with Crippen LogP contribution in [-0.4, -0.2) is 32.7 Å². The van der Waals surface area contributed by atoms with Crippen LogP contribution in [0.4, 0.5) is 0 Å². The Balaban J connectivity index is 1.60. The van der Waals surface area contributed by atoms with Crippen molar-refractivity contribution >= 4 is 22.3 Å². The van der Waals surface area contributed by atoms with E-state index in [2.05, 4.69) is 49.6 Å². The Kier molecular flexibility index (Phi) is 4.37. The first-order chi connectivity index (χ1) is 16.0. The highest BCUT2D eigenvalue weighted by Gasteiger charge is 2.21. The van der Waals surface area contributed by atoms with Gasteiger partial charge in [-0.1, -0.05) is 57.2 Å². The number of benzene rings is 3. The van der Waals surface area contributed by atoms with Gasteiger partial charge in [-0.3, -0.25) is 4.57 Å². The quantitative estimate of drug-likeness (QED) is 0.355. The number of nitrogens with zero attached hydrogens (tertiary/aromatic N) is 4. The Morgan fingerprint density at radius 3 is 2.18 bits per heavy atom. The second kappa shape index (κ2) is 7.30. The van der Waals surface area contributed by atoms with E-state index in [4.69, 9.17) is 24.4 Å². The van der Waals surface area contributed by atoms with Crippen LogP contribution < -0.4 is 9.47 Å². The van der Waals surface area contributed by atoms with Gasteiger partial charge in [0.15, 0.2) is 22.8 Å². The summed E-state index contributed by atoms with van der Waals surface area (Å²) in [5.41, 5.74) is 6.23. The smallest absolute Gasteiger partial charge is 0.199 e. The first-order valence-electron chi connectivity index (χ1n) is 11.1. The van der Waals surface area contributed by atoms with Crippen molar-refractivity contribution < 1.29 is 9.47 Å². The van der Waals surface area contributed by atoms with Gasteiger partial charge in [-0.2, -0.15) is 0 Å². The molecule has 0 bridgehead atoms. The minimum absolute atomic E-state index is 0.0787. The van der Waals surface area contributed by atoms with Crippen molar-refractivity contribution in [3.05, 3.63) is 72.3 Å². The fourth-order valence-electron chi connectivity index (χ4n) is 4.19. The molecule has 33 heavy (non-hydrogen) atoms. The molecule has 6 heteroatoms. The van der Waals surface area contributed by atoms with Crippen LogP contribution in [0.2, 0.25) is 0 Å². The van der Waals surface area contributed by atoms with E-state index in [0.717, 1.165) is 39.6 Å². The lowest BCUT2D eigenvalue weighted by atomic mass is 9.87. The Morgan fingerprint density at radius 2 is 1.45 bits per heavy atom. The number of rotatable bonds is 2. The van der Waals surface area contributed by atoms with Gasteiger partial charge in [0.25, 0.3) is 0 Å². The Labute approximate surface area is 191 Å². The third-order valence-electron chi connectivity index (χ3n) is 5.96. The molecule has 0 radical (unpaired) electrons. The summed E-state index contributed by atoms with van der Waals surface area (Å²) >= 11 is 0. The lowest BCUT2D eigenvalue weighted by molar-refractivity contribution is 0.171. The maximum Gasteiger partial charge on any atom is 0.199 e. The fourth-order valence-corrected chi connectivity index (χ4v) is 4.19. The van der Waals surface area contributed by atoms with Crippen LogP contribution in [0.15, 0.2) is 66.7 Å². The summed E-state index contributed by atoms with van der Waals surface area (Å²) in [6.45, 7) is 7.74. The van der Waals surface area contributed by atoms with Crippen molar-refractivity contribution in [2.45, 2.75) is 26.2 Å². The highest BCUT2D eigenvalue weighted by molar-refractivity contribution is 5.86. The number of ether oxygens (including phenoxy) is 2. The highest BCUT2D eigenvalue weighted by Crippen LogP contribution is 2.35. The van der Waals surface area contributed by atoms with Gasteiger partial charge < -0.3 is 9.47 Å². The van der Waals surface area contributed by atoms with E-state index >= 15 is 0 Å². The van der Waals surface area contributed by atoms with Crippen molar-refractivity contribution in [2.75, 3.05) is 13.2 Å². The number of aromatic nitrogens is 4. The van der Waals surface area contributed by atoms with Gasteiger partial charge in [-0.25, -0.2) is 15.0 Å². The van der Waals surface area contributed by atoms with Gasteiger partial charge in [0, 0.05) is 11.6 Å². The molecule has 1 aliphatic heterocycles. The number of imidazole rings is 1. The molecule has 6 rings (SSSR count). The first-order valence-corrected chi connectivity index (χ1v) is 11.1. The minimum atomic E-state index is 0.0787. The monoisotopic (exact) mass is 436 g/mol. The lowest BCUT2D eigenvalue weighted by Gasteiger charge is -2.20. The molecule has 3 heterocycles. The van der Waals surface area contributed by atoms with E-state index in [9.17, 15) is 0 Å². The number of fused-ring (bicyclic) bond motifs is 3. The summed E-state index contributed by atoms with van der Waals surface area (Å²) in [6.07, 6.45) is 0. The van der Waals surface area contributed by atoms with Gasteiger partial charge in [0.2, 0.25) is 0 Å². The maximum atomic E-state index is 5.85. The van der Waals surface area contributed by atoms with E-state index < -0.39 is 0 Å². The van der Waals surface area contributed by atoms with Gasteiger partial charge in [-0.05, 0) is 35.2 Å². The van der Waals surface area contributed by atoms with Crippen molar-refractivity contribution in [3.63, 3.8) is 0 Å². The summed E-state index contributed by atoms with van der Waals surface area (Å²) < 4.78 is 13.6. The molecule has 164 valence electrons. The average molecular weight is 437 g/mol. The topological polar surface area (TPSA) is 62.1 Å². The molecule has 1 aliphatic rings. The number of hydrogen-bond donors (Lipinski definition) is 0. The van der Waals surface area contributed by atoms with E-state index in [0.29, 0.717) is 24.5 Å². The molecule has 6 nitrogen and oxygen atoms in total. The molecule has 0 N–H and O–H groups in total. The van der Waals surface area contributed by atoms with Crippen LogP contribution in [0.3, 0.4) is 0 Å². The van der Waals surface area contributed by atoms with Crippen LogP contribution in [0.5, 0.6) is 11.5 Å². The predicted octanol–water partition coefficient (Wildman–Crippen LogP) is 5.70. The van der Waals surface area contributed by atoms with Gasteiger partial charge in [-0.15, -0.1) is 0 Å². The normalized spacial score (nSPS) is 13.5. The zero-order valence-corrected chi connectivity index (χ0v) is 18.9. The zero-order chi connectivity index (χ0) is 22.6. The Bertz CT molecular complexity index is 1500. The average Bonchev–Trinajstić information content (AvgIpc) is 3.20. The zero-order valence-electron chi connectivity index (χ0n) is 18.9. The largest absolute Gasteiger partial charge is 0.486 e. The van der Waals surface area contributed by atoms with Crippen LogP contribution in [-0.2, 0) is 5.41 Å². The molecular formula is C27H24N4O2. The van der Waals surface area contributed by atoms with Crippen molar-refractivity contribution in [3.8, 4) is 28.6 Å². The third-order valence-corrected chi connectivity index (χ3v) is 5.96. The maximum absolute atomic E-state index is 5.85. The molecular weight excluding hydrogens is 412 g/mol. The molecule has 0 saturated carbocycles. The fraction of sp³-hybridized carbons (Fsp3) is 0.222. The number of hydrogen-bond acceptors (Lipinski definition) is 5. The summed E-state index contributed by atoms with van der Waals surface area (Å²) in [4.78, 5) is 14.7. The van der Waals surface area contributed by atoms with E-state index in [1.807, 2.05) is 42.5 Å². The molecule has 0 saturated heterocycles. The van der Waals surface area contributed by atoms with Gasteiger partial charge >= 0.3 is 0 Å². The summed E-state index contributed by atoms with van der Waals surface area (Å²) in [5, 5.41) is 0. The van der Waals surface area contributed by atoms with E-state index in [-0.39, 0.29) is 5.41 Å². The van der Waals surface area contributed by atoms with E-state index in [1.54, 1.807) is 0 Å². The van der Waals surface area contributed by atoms with E-state index in [1.165, 1.54) is 5.56 Å². The second-order valence-electron chi connectivity index (χ2n) is 9.29. The minimum Gasteiger partial charge on any atom is -0.486 e. The highest BCUT2D eigenvalue weighted by atomic mass is 16.6.